The molecule has 1 fully saturated rings. The molecule has 1 atom stereocenters. The molecule has 0 aliphatic carbocycles. The standard InChI is InChI=1S/C14H17F3N2O2/c15-14(16,17)10-3-1-4-11(7-10)18-13(21)8-19-6-2-5-12(19)9-20/h1,3-4,7,12,20H,2,5-6,8-9H2,(H,18,21)/t12-/m1/s1. The first-order valence-electron chi connectivity index (χ1n) is 6.72. The fourth-order valence-corrected chi connectivity index (χ4v) is 2.47. The van der Waals surface area contributed by atoms with Gasteiger partial charge in [-0.2, -0.15) is 13.2 Å². The Morgan fingerprint density at radius 3 is 2.86 bits per heavy atom. The number of hydrogen-bond acceptors (Lipinski definition) is 3. The Labute approximate surface area is 120 Å². The summed E-state index contributed by atoms with van der Waals surface area (Å²) in [7, 11) is 0. The minimum Gasteiger partial charge on any atom is -0.395 e. The van der Waals surface area contributed by atoms with Crippen molar-refractivity contribution < 1.29 is 23.1 Å². The lowest BCUT2D eigenvalue weighted by Gasteiger charge is -2.21. The summed E-state index contributed by atoms with van der Waals surface area (Å²) < 4.78 is 37.7. The summed E-state index contributed by atoms with van der Waals surface area (Å²) in [6, 6.07) is 4.49. The fourth-order valence-electron chi connectivity index (χ4n) is 2.47. The van der Waals surface area contributed by atoms with E-state index < -0.39 is 11.7 Å². The Balaban J connectivity index is 1.97. The van der Waals surface area contributed by atoms with Crippen molar-refractivity contribution in [2.24, 2.45) is 0 Å². The Morgan fingerprint density at radius 1 is 1.43 bits per heavy atom. The van der Waals surface area contributed by atoms with E-state index >= 15 is 0 Å². The van der Waals surface area contributed by atoms with Gasteiger partial charge in [0, 0.05) is 11.7 Å². The van der Waals surface area contributed by atoms with Crippen molar-refractivity contribution in [1.29, 1.82) is 0 Å². The van der Waals surface area contributed by atoms with Crippen molar-refractivity contribution in [2.75, 3.05) is 25.0 Å². The van der Waals surface area contributed by atoms with E-state index in [4.69, 9.17) is 5.11 Å². The molecule has 1 aromatic rings. The SMILES string of the molecule is O=C(CN1CCC[C@@H]1CO)Nc1cccc(C(F)(F)F)c1. The average molecular weight is 302 g/mol. The number of alkyl halides is 3. The molecule has 1 saturated heterocycles. The van der Waals surface area contributed by atoms with E-state index in [-0.39, 0.29) is 30.8 Å². The molecule has 1 aliphatic heterocycles. The van der Waals surface area contributed by atoms with E-state index in [2.05, 4.69) is 5.32 Å². The summed E-state index contributed by atoms with van der Waals surface area (Å²) in [4.78, 5) is 13.7. The highest BCUT2D eigenvalue weighted by molar-refractivity contribution is 5.92. The van der Waals surface area contributed by atoms with E-state index in [1.807, 2.05) is 4.90 Å². The van der Waals surface area contributed by atoms with Crippen LogP contribution in [0.4, 0.5) is 18.9 Å². The summed E-state index contributed by atoms with van der Waals surface area (Å²) in [6.45, 7) is 0.763. The van der Waals surface area contributed by atoms with E-state index in [1.165, 1.54) is 12.1 Å². The van der Waals surface area contributed by atoms with Crippen LogP contribution in [0.2, 0.25) is 0 Å². The van der Waals surface area contributed by atoms with Crippen LogP contribution in [0.15, 0.2) is 24.3 Å². The maximum Gasteiger partial charge on any atom is 0.416 e. The third kappa shape index (κ3) is 4.18. The number of hydrogen-bond donors (Lipinski definition) is 2. The molecule has 21 heavy (non-hydrogen) atoms. The summed E-state index contributed by atoms with van der Waals surface area (Å²) in [5, 5.41) is 11.6. The van der Waals surface area contributed by atoms with Gasteiger partial charge in [0.05, 0.1) is 18.7 Å². The summed E-state index contributed by atoms with van der Waals surface area (Å²) in [5.74, 6) is -0.380. The van der Waals surface area contributed by atoms with Crippen LogP contribution in [0.3, 0.4) is 0 Å². The lowest BCUT2D eigenvalue weighted by Crippen LogP contribution is -2.38. The first-order chi connectivity index (χ1) is 9.90. The monoisotopic (exact) mass is 302 g/mol. The van der Waals surface area contributed by atoms with Crippen LogP contribution in [0.1, 0.15) is 18.4 Å². The number of aliphatic hydroxyl groups excluding tert-OH is 1. The second-order valence-corrected chi connectivity index (χ2v) is 5.08. The zero-order valence-electron chi connectivity index (χ0n) is 11.4. The number of likely N-dealkylation sites (tertiary alicyclic amines) is 1. The summed E-state index contributed by atoms with van der Waals surface area (Å²) in [6.07, 6.45) is -2.70. The molecule has 0 spiro atoms. The van der Waals surface area contributed by atoms with Crippen molar-refractivity contribution in [1.82, 2.24) is 4.90 Å². The van der Waals surface area contributed by atoms with Crippen molar-refractivity contribution in [3.63, 3.8) is 0 Å². The van der Waals surface area contributed by atoms with Gasteiger partial charge in [-0.05, 0) is 37.6 Å². The number of nitrogens with zero attached hydrogens (tertiary/aromatic N) is 1. The Kier molecular flexibility index (Phi) is 4.84. The summed E-state index contributed by atoms with van der Waals surface area (Å²) >= 11 is 0. The molecule has 7 heteroatoms. The van der Waals surface area contributed by atoms with Gasteiger partial charge < -0.3 is 10.4 Å². The van der Waals surface area contributed by atoms with E-state index in [1.54, 1.807) is 0 Å². The number of halogens is 3. The quantitative estimate of drug-likeness (QED) is 0.895. The van der Waals surface area contributed by atoms with E-state index in [0.717, 1.165) is 25.0 Å². The van der Waals surface area contributed by atoms with Gasteiger partial charge in [0.1, 0.15) is 0 Å². The van der Waals surface area contributed by atoms with Crippen molar-refractivity contribution in [3.05, 3.63) is 29.8 Å². The van der Waals surface area contributed by atoms with Gasteiger partial charge in [-0.3, -0.25) is 9.69 Å². The second kappa shape index (κ2) is 6.44. The van der Waals surface area contributed by atoms with Crippen LogP contribution in [0, 0.1) is 0 Å². The number of carbonyl (C=O) groups is 1. The highest BCUT2D eigenvalue weighted by Gasteiger charge is 2.30. The molecule has 0 saturated carbocycles. The zero-order chi connectivity index (χ0) is 15.5. The van der Waals surface area contributed by atoms with Crippen molar-refractivity contribution in [3.8, 4) is 0 Å². The lowest BCUT2D eigenvalue weighted by molar-refractivity contribution is -0.137. The number of benzene rings is 1. The van der Waals surface area contributed by atoms with Crippen LogP contribution < -0.4 is 5.32 Å². The highest BCUT2D eigenvalue weighted by Crippen LogP contribution is 2.30. The molecule has 2 rings (SSSR count). The van der Waals surface area contributed by atoms with Gasteiger partial charge in [-0.1, -0.05) is 6.07 Å². The molecule has 0 radical (unpaired) electrons. The van der Waals surface area contributed by atoms with Crippen molar-refractivity contribution in [2.45, 2.75) is 25.1 Å². The zero-order valence-corrected chi connectivity index (χ0v) is 11.4. The smallest absolute Gasteiger partial charge is 0.395 e. The Morgan fingerprint density at radius 2 is 2.19 bits per heavy atom. The molecule has 0 aromatic heterocycles. The summed E-state index contributed by atoms with van der Waals surface area (Å²) in [5.41, 5.74) is -0.677. The molecule has 4 nitrogen and oxygen atoms in total. The van der Waals surface area contributed by atoms with E-state index in [9.17, 15) is 18.0 Å². The molecule has 1 aromatic carbocycles. The van der Waals surface area contributed by atoms with Crippen LogP contribution in [0.5, 0.6) is 0 Å². The molecule has 2 N–H and O–H groups in total. The third-order valence-corrected chi connectivity index (χ3v) is 3.53. The fraction of sp³-hybridized carbons (Fsp3) is 0.500. The highest BCUT2D eigenvalue weighted by atomic mass is 19.4. The largest absolute Gasteiger partial charge is 0.416 e. The van der Waals surface area contributed by atoms with Gasteiger partial charge in [-0.15, -0.1) is 0 Å². The maximum absolute atomic E-state index is 12.6. The van der Waals surface area contributed by atoms with Crippen LogP contribution in [0.25, 0.3) is 0 Å². The molecule has 1 amide bonds. The minimum absolute atomic E-state index is 0.0170. The topological polar surface area (TPSA) is 52.6 Å². The molecular formula is C14H17F3N2O2. The molecule has 0 bridgehead atoms. The number of nitrogens with one attached hydrogen (secondary N) is 1. The molecule has 116 valence electrons. The van der Waals surface area contributed by atoms with Gasteiger partial charge in [0.25, 0.3) is 0 Å². The maximum atomic E-state index is 12.6. The van der Waals surface area contributed by atoms with Gasteiger partial charge in [0.15, 0.2) is 0 Å². The van der Waals surface area contributed by atoms with Gasteiger partial charge >= 0.3 is 6.18 Å². The predicted octanol–water partition coefficient (Wildman–Crippen LogP) is 2.10. The lowest BCUT2D eigenvalue weighted by atomic mass is 10.2. The Bertz CT molecular complexity index is 505. The number of aliphatic hydroxyl groups is 1. The third-order valence-electron chi connectivity index (χ3n) is 3.53. The van der Waals surface area contributed by atoms with Crippen LogP contribution in [-0.2, 0) is 11.0 Å². The minimum atomic E-state index is -4.43. The molecular weight excluding hydrogens is 285 g/mol. The molecule has 1 aliphatic rings. The Hall–Kier alpha value is -1.60. The van der Waals surface area contributed by atoms with Gasteiger partial charge in [-0.25, -0.2) is 0 Å². The first kappa shape index (κ1) is 15.8. The predicted molar refractivity (Wildman–Crippen MR) is 71.8 cm³/mol. The number of rotatable bonds is 4. The molecule has 1 heterocycles. The number of amides is 1. The first-order valence-corrected chi connectivity index (χ1v) is 6.72. The number of carbonyl (C=O) groups excluding carboxylic acids is 1. The van der Waals surface area contributed by atoms with Crippen molar-refractivity contribution >= 4 is 11.6 Å². The van der Waals surface area contributed by atoms with Crippen LogP contribution >= 0.6 is 0 Å². The van der Waals surface area contributed by atoms with Crippen LogP contribution in [-0.4, -0.2) is 41.7 Å². The average Bonchev–Trinajstić information content (AvgIpc) is 2.85. The number of anilines is 1. The molecule has 0 unspecified atom stereocenters. The van der Waals surface area contributed by atoms with E-state index in [0.29, 0.717) is 6.54 Å². The normalized spacial score (nSPS) is 19.7. The van der Waals surface area contributed by atoms with Gasteiger partial charge in [0.2, 0.25) is 5.91 Å². The second-order valence-electron chi connectivity index (χ2n) is 5.08.